The molecule has 0 spiro atoms. The van der Waals surface area contributed by atoms with Crippen LogP contribution in [0.4, 0.5) is 0 Å². The monoisotopic (exact) mass is 302 g/mol. The first-order chi connectivity index (χ1) is 10.8. The van der Waals surface area contributed by atoms with Gasteiger partial charge in [0, 0.05) is 52.4 Å². The van der Waals surface area contributed by atoms with Crippen LogP contribution in [0, 0.1) is 5.92 Å². The van der Waals surface area contributed by atoms with Crippen molar-refractivity contribution in [1.29, 1.82) is 0 Å². The van der Waals surface area contributed by atoms with Crippen molar-refractivity contribution in [2.75, 3.05) is 39.4 Å². The molecule has 0 bridgehead atoms. The number of hydrogen-bond donors (Lipinski definition) is 0. The lowest BCUT2D eigenvalue weighted by molar-refractivity contribution is -0.134. The fourth-order valence-corrected chi connectivity index (χ4v) is 3.32. The molecule has 4 nitrogen and oxygen atoms in total. The molecule has 0 atom stereocenters. The van der Waals surface area contributed by atoms with E-state index in [1.807, 2.05) is 0 Å². The molecule has 1 aromatic carbocycles. The first kappa shape index (κ1) is 15.5. The standard InChI is InChI=1S/C18H26N2O2/c21-18(14-16-6-12-22-13-7-16)20-10-8-19(9-11-20)15-17-4-2-1-3-5-17/h1-5,16H,6-15H2. The van der Waals surface area contributed by atoms with E-state index < -0.39 is 0 Å². The maximum Gasteiger partial charge on any atom is 0.222 e. The molecule has 0 saturated carbocycles. The third-order valence-corrected chi connectivity index (χ3v) is 4.78. The molecule has 0 aromatic heterocycles. The number of nitrogens with zero attached hydrogens (tertiary/aromatic N) is 2. The van der Waals surface area contributed by atoms with Gasteiger partial charge in [-0.05, 0) is 24.3 Å². The van der Waals surface area contributed by atoms with Crippen LogP contribution in [0.5, 0.6) is 0 Å². The number of ether oxygens (including phenoxy) is 1. The third kappa shape index (κ3) is 4.31. The largest absolute Gasteiger partial charge is 0.381 e. The Bertz CT molecular complexity index is 463. The Morgan fingerprint density at radius 2 is 1.73 bits per heavy atom. The molecule has 0 aliphatic carbocycles. The highest BCUT2D eigenvalue weighted by atomic mass is 16.5. The summed E-state index contributed by atoms with van der Waals surface area (Å²) in [5.74, 6) is 0.870. The summed E-state index contributed by atoms with van der Waals surface area (Å²) < 4.78 is 5.37. The van der Waals surface area contributed by atoms with E-state index in [0.717, 1.165) is 58.8 Å². The van der Waals surface area contributed by atoms with Crippen molar-refractivity contribution in [3.05, 3.63) is 35.9 Å². The van der Waals surface area contributed by atoms with Gasteiger partial charge in [-0.1, -0.05) is 30.3 Å². The predicted octanol–water partition coefficient (Wildman–Crippen LogP) is 2.15. The van der Waals surface area contributed by atoms with Crippen molar-refractivity contribution in [3.63, 3.8) is 0 Å². The van der Waals surface area contributed by atoms with Gasteiger partial charge < -0.3 is 9.64 Å². The van der Waals surface area contributed by atoms with Crippen molar-refractivity contribution >= 4 is 5.91 Å². The lowest BCUT2D eigenvalue weighted by Crippen LogP contribution is -2.48. The second kappa shape index (κ2) is 7.75. The van der Waals surface area contributed by atoms with Gasteiger partial charge in [-0.25, -0.2) is 0 Å². The van der Waals surface area contributed by atoms with Crippen LogP contribution < -0.4 is 0 Å². The fourth-order valence-electron chi connectivity index (χ4n) is 3.32. The van der Waals surface area contributed by atoms with E-state index in [4.69, 9.17) is 4.74 Å². The second-order valence-electron chi connectivity index (χ2n) is 6.40. The smallest absolute Gasteiger partial charge is 0.222 e. The number of carbonyl (C=O) groups is 1. The van der Waals surface area contributed by atoms with Crippen LogP contribution in [-0.4, -0.2) is 55.1 Å². The molecular weight excluding hydrogens is 276 g/mol. The summed E-state index contributed by atoms with van der Waals surface area (Å²) in [5.41, 5.74) is 1.35. The van der Waals surface area contributed by atoms with E-state index in [1.165, 1.54) is 5.56 Å². The van der Waals surface area contributed by atoms with E-state index in [0.29, 0.717) is 18.2 Å². The van der Waals surface area contributed by atoms with Crippen LogP contribution in [0.1, 0.15) is 24.8 Å². The Morgan fingerprint density at radius 1 is 1.05 bits per heavy atom. The molecule has 2 aliphatic heterocycles. The van der Waals surface area contributed by atoms with E-state index in [9.17, 15) is 4.79 Å². The number of hydrogen-bond acceptors (Lipinski definition) is 3. The Kier molecular flexibility index (Phi) is 5.46. The number of amides is 1. The molecule has 3 rings (SSSR count). The van der Waals surface area contributed by atoms with Crippen molar-refractivity contribution in [2.45, 2.75) is 25.8 Å². The molecule has 4 heteroatoms. The van der Waals surface area contributed by atoms with Gasteiger partial charge >= 0.3 is 0 Å². The minimum atomic E-state index is 0.339. The van der Waals surface area contributed by atoms with Gasteiger partial charge in [-0.2, -0.15) is 0 Å². The maximum atomic E-state index is 12.4. The lowest BCUT2D eigenvalue weighted by atomic mass is 9.96. The molecular formula is C18H26N2O2. The van der Waals surface area contributed by atoms with Gasteiger partial charge in [0.15, 0.2) is 0 Å². The molecule has 2 heterocycles. The highest BCUT2D eigenvalue weighted by Crippen LogP contribution is 2.20. The van der Waals surface area contributed by atoms with E-state index in [1.54, 1.807) is 0 Å². The van der Waals surface area contributed by atoms with Gasteiger partial charge in [-0.3, -0.25) is 9.69 Å². The average molecular weight is 302 g/mol. The minimum absolute atomic E-state index is 0.339. The molecule has 2 saturated heterocycles. The Balaban J connectivity index is 1.42. The van der Waals surface area contributed by atoms with Crippen LogP contribution in [0.25, 0.3) is 0 Å². The van der Waals surface area contributed by atoms with Crippen molar-refractivity contribution in [3.8, 4) is 0 Å². The van der Waals surface area contributed by atoms with Gasteiger partial charge in [0.25, 0.3) is 0 Å². The van der Waals surface area contributed by atoms with Crippen LogP contribution >= 0.6 is 0 Å². The Labute approximate surface area is 133 Å². The van der Waals surface area contributed by atoms with Crippen molar-refractivity contribution in [2.24, 2.45) is 5.92 Å². The molecule has 120 valence electrons. The average Bonchev–Trinajstić information content (AvgIpc) is 2.57. The summed E-state index contributed by atoms with van der Waals surface area (Å²) in [7, 11) is 0. The Hall–Kier alpha value is -1.39. The molecule has 0 unspecified atom stereocenters. The summed E-state index contributed by atoms with van der Waals surface area (Å²) in [5, 5.41) is 0. The minimum Gasteiger partial charge on any atom is -0.381 e. The SMILES string of the molecule is O=C(CC1CCOCC1)N1CCN(Cc2ccccc2)CC1. The fraction of sp³-hybridized carbons (Fsp3) is 0.611. The van der Waals surface area contributed by atoms with Crippen LogP contribution in [-0.2, 0) is 16.1 Å². The van der Waals surface area contributed by atoms with E-state index in [2.05, 4.69) is 40.1 Å². The topological polar surface area (TPSA) is 32.8 Å². The molecule has 0 N–H and O–H groups in total. The molecule has 0 radical (unpaired) electrons. The van der Waals surface area contributed by atoms with Gasteiger partial charge in [-0.15, -0.1) is 0 Å². The molecule has 1 aromatic rings. The quantitative estimate of drug-likeness (QED) is 0.854. The zero-order valence-corrected chi connectivity index (χ0v) is 13.2. The molecule has 1 amide bonds. The summed E-state index contributed by atoms with van der Waals surface area (Å²) in [6.07, 6.45) is 2.79. The number of benzene rings is 1. The first-order valence-corrected chi connectivity index (χ1v) is 8.43. The van der Waals surface area contributed by atoms with E-state index >= 15 is 0 Å². The number of rotatable bonds is 4. The predicted molar refractivity (Wildman–Crippen MR) is 86.5 cm³/mol. The number of carbonyl (C=O) groups excluding carboxylic acids is 1. The summed E-state index contributed by atoms with van der Waals surface area (Å²) in [6.45, 7) is 6.33. The Morgan fingerprint density at radius 3 is 2.41 bits per heavy atom. The number of piperazine rings is 1. The van der Waals surface area contributed by atoms with Crippen molar-refractivity contribution in [1.82, 2.24) is 9.80 Å². The van der Waals surface area contributed by atoms with Crippen molar-refractivity contribution < 1.29 is 9.53 Å². The van der Waals surface area contributed by atoms with Gasteiger partial charge in [0.2, 0.25) is 5.91 Å². The third-order valence-electron chi connectivity index (χ3n) is 4.78. The van der Waals surface area contributed by atoms with Gasteiger partial charge in [0.05, 0.1) is 0 Å². The van der Waals surface area contributed by atoms with Crippen LogP contribution in [0.3, 0.4) is 0 Å². The zero-order chi connectivity index (χ0) is 15.2. The summed E-state index contributed by atoms with van der Waals surface area (Å²) >= 11 is 0. The molecule has 22 heavy (non-hydrogen) atoms. The lowest BCUT2D eigenvalue weighted by Gasteiger charge is -2.35. The second-order valence-corrected chi connectivity index (χ2v) is 6.40. The van der Waals surface area contributed by atoms with E-state index in [-0.39, 0.29) is 0 Å². The zero-order valence-electron chi connectivity index (χ0n) is 13.2. The summed E-state index contributed by atoms with van der Waals surface area (Å²) in [6, 6.07) is 10.6. The summed E-state index contributed by atoms with van der Waals surface area (Å²) in [4.78, 5) is 16.9. The van der Waals surface area contributed by atoms with Crippen LogP contribution in [0.2, 0.25) is 0 Å². The highest BCUT2D eigenvalue weighted by molar-refractivity contribution is 5.76. The highest BCUT2D eigenvalue weighted by Gasteiger charge is 2.24. The molecule has 2 aliphatic rings. The normalized spacial score (nSPS) is 21.0. The maximum absolute atomic E-state index is 12.4. The molecule has 2 fully saturated rings. The van der Waals surface area contributed by atoms with Crippen LogP contribution in [0.15, 0.2) is 30.3 Å². The first-order valence-electron chi connectivity index (χ1n) is 8.43. The van der Waals surface area contributed by atoms with Gasteiger partial charge in [0.1, 0.15) is 0 Å².